The number of hydrogen-bond acceptors (Lipinski definition) is 4. The molecule has 1 aromatic heterocycles. The molecule has 1 heterocycles. The maximum absolute atomic E-state index is 13.0. The van der Waals surface area contributed by atoms with Crippen molar-refractivity contribution in [1.82, 2.24) is 4.98 Å². The summed E-state index contributed by atoms with van der Waals surface area (Å²) in [5.41, 5.74) is 0.749. The third-order valence-electron chi connectivity index (χ3n) is 6.08. The molecule has 0 bridgehead atoms. The van der Waals surface area contributed by atoms with Crippen molar-refractivity contribution in [2.45, 2.75) is 6.54 Å². The molecule has 0 unspecified atom stereocenters. The van der Waals surface area contributed by atoms with Crippen LogP contribution >= 0.6 is 0 Å². The molecular weight excluding hydrogens is 424 g/mol. The Hall–Kier alpha value is -4.64. The molecule has 5 heteroatoms. The fourth-order valence-corrected chi connectivity index (χ4v) is 4.47. The highest BCUT2D eigenvalue weighted by atomic mass is 16.5. The zero-order chi connectivity index (χ0) is 23.1. The third-order valence-corrected chi connectivity index (χ3v) is 6.08. The lowest BCUT2D eigenvalue weighted by atomic mass is 9.94. The van der Waals surface area contributed by atoms with Crippen molar-refractivity contribution in [3.8, 4) is 5.75 Å². The minimum atomic E-state index is -0.573. The molecule has 6 rings (SSSR count). The van der Waals surface area contributed by atoms with E-state index in [1.54, 1.807) is 29.1 Å². The van der Waals surface area contributed by atoms with Gasteiger partial charge in [0.1, 0.15) is 5.75 Å². The maximum atomic E-state index is 13.0. The predicted octanol–water partition coefficient (Wildman–Crippen LogP) is 5.37. The largest absolute Gasteiger partial charge is 0.421 e. The van der Waals surface area contributed by atoms with Gasteiger partial charge in [0.05, 0.1) is 6.20 Å². The van der Waals surface area contributed by atoms with Crippen molar-refractivity contribution in [3.05, 3.63) is 115 Å². The van der Waals surface area contributed by atoms with Crippen LogP contribution in [0.1, 0.15) is 20.8 Å². The summed E-state index contributed by atoms with van der Waals surface area (Å²) >= 11 is 0. The first-order valence-corrected chi connectivity index (χ1v) is 11.0. The third kappa shape index (κ3) is 3.44. The van der Waals surface area contributed by atoms with Gasteiger partial charge < -0.3 is 4.74 Å². The van der Waals surface area contributed by atoms with E-state index in [1.165, 1.54) is 6.20 Å². The Morgan fingerprint density at radius 2 is 1.47 bits per heavy atom. The van der Waals surface area contributed by atoms with Crippen LogP contribution in [0.25, 0.3) is 32.3 Å². The average molecular weight is 443 g/mol. The van der Waals surface area contributed by atoms with Crippen molar-refractivity contribution in [1.29, 1.82) is 0 Å². The van der Waals surface area contributed by atoms with Crippen LogP contribution < -0.4 is 9.30 Å². The van der Waals surface area contributed by atoms with Gasteiger partial charge in [-0.15, -0.1) is 0 Å². The summed E-state index contributed by atoms with van der Waals surface area (Å²) in [5.74, 6) is -0.146. The van der Waals surface area contributed by atoms with Crippen molar-refractivity contribution in [3.63, 3.8) is 0 Å². The Morgan fingerprint density at radius 1 is 0.765 bits per heavy atom. The first-order valence-electron chi connectivity index (χ1n) is 11.0. The molecule has 0 atom stereocenters. The summed E-state index contributed by atoms with van der Waals surface area (Å²) in [5, 5.41) is 6.49. The fraction of sp³-hybridized carbons (Fsp3) is 0.0345. The van der Waals surface area contributed by atoms with Gasteiger partial charge >= 0.3 is 5.97 Å². The van der Waals surface area contributed by atoms with Gasteiger partial charge in [-0.1, -0.05) is 72.8 Å². The Morgan fingerprint density at radius 3 is 2.26 bits per heavy atom. The number of carbonyl (C=O) groups excluding carboxylic acids is 2. The molecule has 0 saturated carbocycles. The van der Waals surface area contributed by atoms with Gasteiger partial charge in [-0.2, -0.15) is 4.57 Å². The molecule has 0 spiro atoms. The number of Topliss-reactive ketones (excluding diaryl/α,β-unsaturated/α-hetero) is 1. The molecular formula is C29H19N2O3+. The molecule has 5 nitrogen and oxygen atoms in total. The van der Waals surface area contributed by atoms with Gasteiger partial charge in [0.15, 0.2) is 6.20 Å². The zero-order valence-electron chi connectivity index (χ0n) is 18.1. The fourth-order valence-electron chi connectivity index (χ4n) is 4.47. The van der Waals surface area contributed by atoms with Gasteiger partial charge in [0, 0.05) is 16.3 Å². The molecule has 34 heavy (non-hydrogen) atoms. The summed E-state index contributed by atoms with van der Waals surface area (Å²) in [6, 6.07) is 27.3. The standard InChI is InChI=1S/C29H19N2O3/c32-25(19-5-2-1-3-6-19)18-31-16-15-30-24(17-31)29(33)34-26-14-12-22-10-9-20-7-4-8-21-11-13-23(26)28(22)27(20)21/h1-17H,18H2/q+1. The van der Waals surface area contributed by atoms with Crippen LogP contribution in [0.15, 0.2) is 104 Å². The Bertz CT molecular complexity index is 1680. The van der Waals surface area contributed by atoms with Crippen LogP contribution in [-0.2, 0) is 6.54 Å². The quantitative estimate of drug-likeness (QED) is 0.118. The number of ketones is 1. The highest BCUT2D eigenvalue weighted by Crippen LogP contribution is 2.38. The molecule has 162 valence electrons. The van der Waals surface area contributed by atoms with Crippen LogP contribution in [0.4, 0.5) is 0 Å². The van der Waals surface area contributed by atoms with Crippen molar-refractivity contribution >= 4 is 44.1 Å². The summed E-state index contributed by atoms with van der Waals surface area (Å²) in [6.45, 7) is 0.103. The number of esters is 1. The second-order valence-corrected chi connectivity index (χ2v) is 8.21. The number of benzene rings is 5. The van der Waals surface area contributed by atoms with Gasteiger partial charge in [-0.05, 0) is 33.7 Å². The van der Waals surface area contributed by atoms with E-state index in [2.05, 4.69) is 29.2 Å². The summed E-state index contributed by atoms with van der Waals surface area (Å²) in [7, 11) is 0. The second-order valence-electron chi connectivity index (χ2n) is 8.21. The zero-order valence-corrected chi connectivity index (χ0v) is 18.1. The average Bonchev–Trinajstić information content (AvgIpc) is 2.88. The maximum Gasteiger partial charge on any atom is 0.368 e. The minimum absolute atomic E-state index is 0.0529. The number of ether oxygens (including phenoxy) is 1. The monoisotopic (exact) mass is 443 g/mol. The van der Waals surface area contributed by atoms with E-state index >= 15 is 0 Å². The number of nitrogens with zero attached hydrogens (tertiary/aromatic N) is 2. The number of carbonyl (C=O) groups is 2. The molecule has 0 fully saturated rings. The van der Waals surface area contributed by atoms with Crippen LogP contribution in [0.2, 0.25) is 0 Å². The van der Waals surface area contributed by atoms with Crippen LogP contribution in [0, 0.1) is 0 Å². The van der Waals surface area contributed by atoms with Crippen LogP contribution in [-0.4, -0.2) is 16.7 Å². The highest BCUT2D eigenvalue weighted by molar-refractivity contribution is 6.24. The number of hydrogen-bond donors (Lipinski definition) is 0. The van der Waals surface area contributed by atoms with Gasteiger partial charge in [0.25, 0.3) is 0 Å². The molecule has 0 aliphatic carbocycles. The first-order chi connectivity index (χ1) is 16.7. The first kappa shape index (κ1) is 20.0. The van der Waals surface area contributed by atoms with E-state index in [0.29, 0.717) is 11.3 Å². The smallest absolute Gasteiger partial charge is 0.368 e. The normalized spacial score (nSPS) is 11.3. The van der Waals surface area contributed by atoms with E-state index in [0.717, 1.165) is 32.3 Å². The lowest BCUT2D eigenvalue weighted by Gasteiger charge is -2.13. The summed E-state index contributed by atoms with van der Waals surface area (Å²) < 4.78 is 7.44. The molecule has 0 N–H and O–H groups in total. The molecule has 0 saturated heterocycles. The molecule has 6 aromatic rings. The van der Waals surface area contributed by atoms with E-state index in [9.17, 15) is 9.59 Å². The van der Waals surface area contributed by atoms with Gasteiger partial charge in [-0.25, -0.2) is 9.78 Å². The molecule has 0 amide bonds. The van der Waals surface area contributed by atoms with Gasteiger partial charge in [0.2, 0.25) is 24.2 Å². The highest BCUT2D eigenvalue weighted by Gasteiger charge is 2.19. The molecule has 0 aliphatic rings. The second kappa shape index (κ2) is 8.05. The van der Waals surface area contributed by atoms with Crippen molar-refractivity contribution < 1.29 is 18.9 Å². The molecule has 0 aliphatic heterocycles. The number of rotatable bonds is 5. The lowest BCUT2D eigenvalue weighted by Crippen LogP contribution is -2.38. The van der Waals surface area contributed by atoms with E-state index in [-0.39, 0.29) is 18.0 Å². The molecule has 5 aromatic carbocycles. The van der Waals surface area contributed by atoms with Crippen molar-refractivity contribution in [2.24, 2.45) is 0 Å². The van der Waals surface area contributed by atoms with Crippen LogP contribution in [0.5, 0.6) is 5.75 Å². The predicted molar refractivity (Wildman–Crippen MR) is 130 cm³/mol. The molecule has 0 radical (unpaired) electrons. The Balaban J connectivity index is 1.32. The number of aromatic nitrogens is 2. The minimum Gasteiger partial charge on any atom is -0.421 e. The topological polar surface area (TPSA) is 60.1 Å². The van der Waals surface area contributed by atoms with E-state index in [1.807, 2.05) is 48.5 Å². The van der Waals surface area contributed by atoms with E-state index in [4.69, 9.17) is 4.74 Å². The van der Waals surface area contributed by atoms with E-state index < -0.39 is 5.97 Å². The summed E-state index contributed by atoms with van der Waals surface area (Å²) in [4.78, 5) is 29.7. The van der Waals surface area contributed by atoms with Crippen molar-refractivity contribution in [2.75, 3.05) is 0 Å². The Kier molecular flexibility index (Phi) is 4.73. The lowest BCUT2D eigenvalue weighted by molar-refractivity contribution is -0.683. The SMILES string of the molecule is O=C(C[n+]1ccnc(C(=O)Oc2ccc3ccc4cccc5ccc2c3c45)c1)c1ccccc1. The van der Waals surface area contributed by atoms with Crippen LogP contribution in [0.3, 0.4) is 0 Å². The van der Waals surface area contributed by atoms with Gasteiger partial charge in [-0.3, -0.25) is 4.79 Å². The summed E-state index contributed by atoms with van der Waals surface area (Å²) in [6.07, 6.45) is 4.70. The Labute approximate surface area is 195 Å².